The van der Waals surface area contributed by atoms with Gasteiger partial charge in [0.05, 0.1) is 39.2 Å². The highest BCUT2D eigenvalue weighted by Gasteiger charge is 2.39. The molecule has 3 aromatic rings. The quantitative estimate of drug-likeness (QED) is 0.413. The third-order valence-electron chi connectivity index (χ3n) is 6.15. The van der Waals surface area contributed by atoms with E-state index in [1.54, 1.807) is 49.5 Å². The van der Waals surface area contributed by atoms with E-state index in [9.17, 15) is 9.59 Å². The van der Waals surface area contributed by atoms with Gasteiger partial charge in [-0.05, 0) is 54.1 Å². The van der Waals surface area contributed by atoms with Gasteiger partial charge in [-0.1, -0.05) is 17.8 Å². The molecule has 2 amide bonds. The van der Waals surface area contributed by atoms with Gasteiger partial charge in [0.1, 0.15) is 22.5 Å². The van der Waals surface area contributed by atoms with Crippen LogP contribution in [0.15, 0.2) is 65.7 Å². The molecule has 2 aliphatic rings. The molecular formula is C28H27N3O7S. The van der Waals surface area contributed by atoms with Crippen molar-refractivity contribution in [1.82, 2.24) is 4.90 Å². The Kier molecular flexibility index (Phi) is 7.78. The number of thioether (sulfide) groups is 1. The number of ether oxygens (including phenoxy) is 5. The van der Waals surface area contributed by atoms with Crippen LogP contribution in [-0.2, 0) is 16.1 Å². The van der Waals surface area contributed by atoms with Crippen molar-refractivity contribution in [1.29, 1.82) is 0 Å². The number of nitrogens with one attached hydrogen (secondary N) is 1. The summed E-state index contributed by atoms with van der Waals surface area (Å²) in [6.45, 7) is 0.427. The molecule has 2 heterocycles. The normalized spacial score (nSPS) is 16.9. The van der Waals surface area contributed by atoms with E-state index < -0.39 is 5.25 Å². The maximum Gasteiger partial charge on any atom is 0.242 e. The molecule has 0 aromatic heterocycles. The highest BCUT2D eigenvalue weighted by atomic mass is 32.2. The second-order valence-corrected chi connectivity index (χ2v) is 9.80. The van der Waals surface area contributed by atoms with Crippen LogP contribution in [-0.4, -0.2) is 55.3 Å². The zero-order valence-electron chi connectivity index (χ0n) is 21.6. The van der Waals surface area contributed by atoms with Gasteiger partial charge in [-0.2, -0.15) is 0 Å². The Hall–Kier alpha value is -4.38. The number of rotatable bonds is 9. The van der Waals surface area contributed by atoms with E-state index >= 15 is 0 Å². The van der Waals surface area contributed by atoms with E-state index in [4.69, 9.17) is 28.7 Å². The van der Waals surface area contributed by atoms with E-state index in [1.807, 2.05) is 30.3 Å². The van der Waals surface area contributed by atoms with Crippen molar-refractivity contribution in [3.05, 3.63) is 66.2 Å². The summed E-state index contributed by atoms with van der Waals surface area (Å²) in [4.78, 5) is 32.9. The molecule has 202 valence electrons. The summed E-state index contributed by atoms with van der Waals surface area (Å²) >= 11 is 1.26. The number of carbonyl (C=O) groups is 2. The Balaban J connectivity index is 1.37. The summed E-state index contributed by atoms with van der Waals surface area (Å²) in [5.41, 5.74) is 1.97. The number of amidine groups is 1. The standard InChI is InChI=1S/C28H27N3O7S/c1-34-19-7-5-18(6-8-19)29-28-31(15-17-4-10-23-24(12-17)38-16-37-23)27(33)25(39-28)14-26(32)30-21-13-20(35-2)9-11-22(21)36-3/h4-13,25H,14-16H2,1-3H3,(H,30,32)/t25-/m1/s1. The van der Waals surface area contributed by atoms with Crippen LogP contribution in [0.2, 0.25) is 0 Å². The fraction of sp³-hybridized carbons (Fsp3) is 0.250. The molecule has 39 heavy (non-hydrogen) atoms. The Morgan fingerprint density at radius 3 is 2.46 bits per heavy atom. The van der Waals surface area contributed by atoms with Crippen LogP contribution in [0.1, 0.15) is 12.0 Å². The monoisotopic (exact) mass is 549 g/mol. The van der Waals surface area contributed by atoms with Crippen LogP contribution in [0, 0.1) is 0 Å². The minimum Gasteiger partial charge on any atom is -0.497 e. The SMILES string of the molecule is COc1ccc(N=C2S[C@H](CC(=O)Nc3cc(OC)ccc3OC)C(=O)N2Cc2ccc3c(c2)OCO3)cc1. The smallest absolute Gasteiger partial charge is 0.242 e. The average Bonchev–Trinajstić information content (AvgIpc) is 3.53. The fourth-order valence-corrected chi connectivity index (χ4v) is 5.30. The molecule has 1 saturated heterocycles. The van der Waals surface area contributed by atoms with Crippen molar-refractivity contribution in [2.24, 2.45) is 4.99 Å². The van der Waals surface area contributed by atoms with E-state index in [0.717, 1.165) is 5.56 Å². The van der Waals surface area contributed by atoms with Crippen molar-refractivity contribution in [3.63, 3.8) is 0 Å². The zero-order chi connectivity index (χ0) is 27.4. The number of anilines is 1. The van der Waals surface area contributed by atoms with Gasteiger partial charge in [0.2, 0.25) is 18.6 Å². The lowest BCUT2D eigenvalue weighted by Crippen LogP contribution is -2.33. The summed E-state index contributed by atoms with van der Waals surface area (Å²) in [5, 5.41) is 2.68. The van der Waals surface area contributed by atoms with Gasteiger partial charge in [0.15, 0.2) is 16.7 Å². The first-order chi connectivity index (χ1) is 19.0. The molecule has 5 rings (SSSR count). The van der Waals surface area contributed by atoms with E-state index in [2.05, 4.69) is 5.32 Å². The number of hydrogen-bond donors (Lipinski definition) is 1. The fourth-order valence-electron chi connectivity index (χ4n) is 4.14. The Morgan fingerprint density at radius 2 is 1.72 bits per heavy atom. The van der Waals surface area contributed by atoms with Crippen molar-refractivity contribution in [2.75, 3.05) is 33.4 Å². The van der Waals surface area contributed by atoms with Crippen molar-refractivity contribution in [3.8, 4) is 28.7 Å². The summed E-state index contributed by atoms with van der Waals surface area (Å²) in [7, 11) is 4.65. The number of hydrogen-bond acceptors (Lipinski definition) is 9. The first-order valence-electron chi connectivity index (χ1n) is 12.1. The molecule has 0 aliphatic carbocycles. The summed E-state index contributed by atoms with van der Waals surface area (Å²) in [6.07, 6.45) is -0.0524. The lowest BCUT2D eigenvalue weighted by molar-refractivity contribution is -0.128. The molecule has 0 unspecified atom stereocenters. The van der Waals surface area contributed by atoms with E-state index in [-0.39, 0.29) is 31.6 Å². The first kappa shape index (κ1) is 26.2. The van der Waals surface area contributed by atoms with Crippen LogP contribution < -0.4 is 29.0 Å². The molecule has 0 radical (unpaired) electrons. The molecule has 10 nitrogen and oxygen atoms in total. The second-order valence-electron chi connectivity index (χ2n) is 8.63. The van der Waals surface area contributed by atoms with E-state index in [1.165, 1.54) is 18.9 Å². The number of amides is 2. The molecular weight excluding hydrogens is 522 g/mol. The summed E-state index contributed by atoms with van der Waals surface area (Å²) in [5.74, 6) is 2.51. The lowest BCUT2D eigenvalue weighted by atomic mass is 10.1. The maximum atomic E-state index is 13.6. The van der Waals surface area contributed by atoms with Gasteiger partial charge in [-0.3, -0.25) is 14.5 Å². The Labute approximate surface area is 229 Å². The number of aliphatic imine (C=N–C) groups is 1. The topological polar surface area (TPSA) is 108 Å². The van der Waals surface area contributed by atoms with Gasteiger partial charge in [-0.15, -0.1) is 0 Å². The Morgan fingerprint density at radius 1 is 0.974 bits per heavy atom. The van der Waals surface area contributed by atoms with Gasteiger partial charge < -0.3 is 29.0 Å². The van der Waals surface area contributed by atoms with E-state index in [0.29, 0.717) is 45.3 Å². The number of nitrogens with zero attached hydrogens (tertiary/aromatic N) is 2. The average molecular weight is 550 g/mol. The second kappa shape index (κ2) is 11.6. The molecule has 1 N–H and O–H groups in total. The number of fused-ring (bicyclic) bond motifs is 1. The van der Waals surface area contributed by atoms with Crippen molar-refractivity contribution in [2.45, 2.75) is 18.2 Å². The van der Waals surface area contributed by atoms with Gasteiger partial charge in [0, 0.05) is 12.5 Å². The summed E-state index contributed by atoms with van der Waals surface area (Å²) in [6, 6.07) is 17.9. The number of benzene rings is 3. The van der Waals surface area contributed by atoms with Crippen LogP contribution in [0.5, 0.6) is 28.7 Å². The Bertz CT molecular complexity index is 1410. The van der Waals surface area contributed by atoms with Crippen molar-refractivity contribution >= 4 is 40.1 Å². The molecule has 0 spiro atoms. The molecule has 1 fully saturated rings. The van der Waals surface area contributed by atoms with Gasteiger partial charge in [-0.25, -0.2) is 4.99 Å². The molecule has 1 atom stereocenters. The van der Waals surface area contributed by atoms with Crippen LogP contribution in [0.25, 0.3) is 0 Å². The largest absolute Gasteiger partial charge is 0.497 e. The molecule has 2 aliphatic heterocycles. The third kappa shape index (κ3) is 5.88. The minimum absolute atomic E-state index is 0.0524. The lowest BCUT2D eigenvalue weighted by Gasteiger charge is -2.17. The van der Waals surface area contributed by atoms with Gasteiger partial charge >= 0.3 is 0 Å². The highest BCUT2D eigenvalue weighted by molar-refractivity contribution is 8.15. The molecule has 0 saturated carbocycles. The van der Waals surface area contributed by atoms with Crippen LogP contribution >= 0.6 is 11.8 Å². The maximum absolute atomic E-state index is 13.6. The molecule has 3 aromatic carbocycles. The number of carbonyl (C=O) groups excluding carboxylic acids is 2. The molecule has 11 heteroatoms. The third-order valence-corrected chi connectivity index (χ3v) is 7.32. The zero-order valence-corrected chi connectivity index (χ0v) is 22.4. The predicted octanol–water partition coefficient (Wildman–Crippen LogP) is 4.60. The van der Waals surface area contributed by atoms with Crippen molar-refractivity contribution < 1.29 is 33.3 Å². The van der Waals surface area contributed by atoms with Crippen LogP contribution in [0.3, 0.4) is 0 Å². The number of methoxy groups -OCH3 is 3. The highest BCUT2D eigenvalue weighted by Crippen LogP contribution is 2.37. The summed E-state index contributed by atoms with van der Waals surface area (Å²) < 4.78 is 26.7. The van der Waals surface area contributed by atoms with Gasteiger partial charge in [0.25, 0.3) is 0 Å². The first-order valence-corrected chi connectivity index (χ1v) is 13.0. The molecule has 0 bridgehead atoms. The minimum atomic E-state index is -0.660. The van der Waals surface area contributed by atoms with Crippen LogP contribution in [0.4, 0.5) is 11.4 Å². The predicted molar refractivity (Wildman–Crippen MR) is 147 cm³/mol.